The fourth-order valence-corrected chi connectivity index (χ4v) is 0.995. The Balaban J connectivity index is 1.98. The van der Waals surface area contributed by atoms with Gasteiger partial charge in [-0.25, -0.2) is 0 Å². The Labute approximate surface area is 89.8 Å². The van der Waals surface area contributed by atoms with Crippen molar-refractivity contribution in [3.63, 3.8) is 0 Å². The van der Waals surface area contributed by atoms with Gasteiger partial charge in [0, 0.05) is 0 Å². The lowest BCUT2D eigenvalue weighted by Gasteiger charge is -2.08. The predicted molar refractivity (Wildman–Crippen MR) is 58.5 cm³/mol. The van der Waals surface area contributed by atoms with E-state index in [2.05, 4.69) is 5.48 Å². The third-order valence-electron chi connectivity index (χ3n) is 1.65. The van der Waals surface area contributed by atoms with E-state index in [0.29, 0.717) is 19.8 Å². The van der Waals surface area contributed by atoms with Crippen LogP contribution >= 0.6 is 0 Å². The van der Waals surface area contributed by atoms with Gasteiger partial charge in [0.15, 0.2) is 0 Å². The zero-order valence-corrected chi connectivity index (χ0v) is 8.85. The molecule has 4 heteroatoms. The van der Waals surface area contributed by atoms with Crippen LogP contribution < -0.4 is 5.48 Å². The molecule has 0 heterocycles. The highest BCUT2D eigenvalue weighted by Crippen LogP contribution is 2.03. The minimum atomic E-state index is -0.424. The normalized spacial score (nSPS) is 12.4. The zero-order valence-electron chi connectivity index (χ0n) is 8.85. The Morgan fingerprint density at radius 3 is 2.67 bits per heavy atom. The molecule has 1 atom stereocenters. The Morgan fingerprint density at radius 1 is 1.27 bits per heavy atom. The molecule has 0 radical (unpaired) electrons. The molecule has 4 nitrogen and oxygen atoms in total. The maximum Gasteiger partial charge on any atom is 0.0979 e. The van der Waals surface area contributed by atoms with Gasteiger partial charge < -0.3 is 9.84 Å². The highest BCUT2D eigenvalue weighted by molar-refractivity contribution is 5.39. The summed E-state index contributed by atoms with van der Waals surface area (Å²) in [4.78, 5) is 5.14. The van der Waals surface area contributed by atoms with Gasteiger partial charge in [-0.2, -0.15) is 0 Å². The van der Waals surface area contributed by atoms with Crippen LogP contribution in [0.5, 0.6) is 0 Å². The fourth-order valence-electron chi connectivity index (χ4n) is 0.995. The van der Waals surface area contributed by atoms with Gasteiger partial charge in [0.05, 0.1) is 31.6 Å². The molecule has 15 heavy (non-hydrogen) atoms. The molecule has 2 N–H and O–H groups in total. The number of para-hydroxylation sites is 1. The standard InChI is InChI=1S/C11H17NO3/c1-10(13)9-14-7-8-15-12-11-5-3-2-4-6-11/h2-6,10,12-13H,7-9H2,1H3. The van der Waals surface area contributed by atoms with Gasteiger partial charge in [0.2, 0.25) is 0 Å². The third kappa shape index (κ3) is 6.06. The number of aliphatic hydroxyl groups is 1. The second-order valence-electron chi connectivity index (χ2n) is 3.24. The average molecular weight is 211 g/mol. The molecule has 84 valence electrons. The number of nitrogens with one attached hydrogen (secondary N) is 1. The lowest BCUT2D eigenvalue weighted by Crippen LogP contribution is -2.15. The second kappa shape index (κ2) is 7.23. The molecule has 1 aromatic rings. The first-order valence-corrected chi connectivity index (χ1v) is 4.97. The summed E-state index contributed by atoms with van der Waals surface area (Å²) in [5.74, 6) is 0. The summed E-state index contributed by atoms with van der Waals surface area (Å²) in [7, 11) is 0. The number of benzene rings is 1. The largest absolute Gasteiger partial charge is 0.391 e. The molecule has 0 saturated heterocycles. The minimum absolute atomic E-state index is 0.342. The van der Waals surface area contributed by atoms with Gasteiger partial charge in [0.25, 0.3) is 0 Å². The van der Waals surface area contributed by atoms with Crippen molar-refractivity contribution in [3.8, 4) is 0 Å². The Bertz CT molecular complexity index is 251. The van der Waals surface area contributed by atoms with E-state index in [0.717, 1.165) is 5.69 Å². The predicted octanol–water partition coefficient (Wildman–Crippen LogP) is 1.43. The van der Waals surface area contributed by atoms with Crippen LogP contribution in [0.3, 0.4) is 0 Å². The van der Waals surface area contributed by atoms with Crippen LogP contribution in [0.4, 0.5) is 5.69 Å². The van der Waals surface area contributed by atoms with Crippen LogP contribution in [0.25, 0.3) is 0 Å². The molecular formula is C11H17NO3. The van der Waals surface area contributed by atoms with Crippen LogP contribution in [-0.2, 0) is 9.57 Å². The minimum Gasteiger partial charge on any atom is -0.391 e. The van der Waals surface area contributed by atoms with Gasteiger partial charge in [-0.15, -0.1) is 0 Å². The molecule has 0 fully saturated rings. The van der Waals surface area contributed by atoms with Crippen molar-refractivity contribution >= 4 is 5.69 Å². The van der Waals surface area contributed by atoms with Crippen LogP contribution in [0.1, 0.15) is 6.92 Å². The topological polar surface area (TPSA) is 50.7 Å². The zero-order chi connectivity index (χ0) is 10.9. The van der Waals surface area contributed by atoms with Crippen molar-refractivity contribution in [2.24, 2.45) is 0 Å². The molecule has 0 aliphatic heterocycles. The van der Waals surface area contributed by atoms with Crippen LogP contribution in [0.15, 0.2) is 30.3 Å². The Kier molecular flexibility index (Phi) is 5.77. The number of rotatable bonds is 7. The van der Waals surface area contributed by atoms with Crippen LogP contribution in [0.2, 0.25) is 0 Å². The van der Waals surface area contributed by atoms with Crippen molar-refractivity contribution in [1.29, 1.82) is 0 Å². The molecule has 1 aromatic carbocycles. The molecule has 0 aliphatic rings. The summed E-state index contributed by atoms with van der Waals surface area (Å²) in [5.41, 5.74) is 3.70. The van der Waals surface area contributed by atoms with E-state index in [1.165, 1.54) is 0 Å². The molecule has 0 aliphatic carbocycles. The van der Waals surface area contributed by atoms with E-state index in [1.807, 2.05) is 30.3 Å². The SMILES string of the molecule is CC(O)COCCONc1ccccc1. The first kappa shape index (κ1) is 12.0. The fraction of sp³-hybridized carbons (Fsp3) is 0.455. The quantitative estimate of drug-likeness (QED) is 0.529. The van der Waals surface area contributed by atoms with Crippen LogP contribution in [0, 0.1) is 0 Å². The monoisotopic (exact) mass is 211 g/mol. The summed E-state index contributed by atoms with van der Waals surface area (Å²) >= 11 is 0. The van der Waals surface area contributed by atoms with Crippen LogP contribution in [-0.4, -0.2) is 31.0 Å². The summed E-state index contributed by atoms with van der Waals surface area (Å²) in [6, 6.07) is 9.62. The van der Waals surface area contributed by atoms with Gasteiger partial charge in [-0.05, 0) is 19.1 Å². The van der Waals surface area contributed by atoms with Gasteiger partial charge in [-0.3, -0.25) is 10.3 Å². The summed E-state index contributed by atoms with van der Waals surface area (Å²) < 4.78 is 5.12. The average Bonchev–Trinajstić information content (AvgIpc) is 2.24. The van der Waals surface area contributed by atoms with E-state index < -0.39 is 6.10 Å². The van der Waals surface area contributed by atoms with E-state index in [-0.39, 0.29) is 0 Å². The number of aliphatic hydroxyl groups excluding tert-OH is 1. The van der Waals surface area contributed by atoms with E-state index >= 15 is 0 Å². The lowest BCUT2D eigenvalue weighted by atomic mass is 10.3. The molecule has 0 bridgehead atoms. The van der Waals surface area contributed by atoms with Crippen molar-refractivity contribution in [2.45, 2.75) is 13.0 Å². The number of hydrogen-bond acceptors (Lipinski definition) is 4. The number of anilines is 1. The smallest absolute Gasteiger partial charge is 0.0979 e. The Hall–Kier alpha value is -1.10. The molecule has 1 unspecified atom stereocenters. The molecule has 1 rings (SSSR count). The maximum absolute atomic E-state index is 8.91. The summed E-state index contributed by atoms with van der Waals surface area (Å²) in [6.45, 7) is 2.93. The van der Waals surface area contributed by atoms with Gasteiger partial charge >= 0.3 is 0 Å². The van der Waals surface area contributed by atoms with Crippen molar-refractivity contribution < 1.29 is 14.7 Å². The van der Waals surface area contributed by atoms with E-state index in [1.54, 1.807) is 6.92 Å². The van der Waals surface area contributed by atoms with E-state index in [4.69, 9.17) is 14.7 Å². The van der Waals surface area contributed by atoms with Crippen molar-refractivity contribution in [2.75, 3.05) is 25.3 Å². The Morgan fingerprint density at radius 2 is 2.00 bits per heavy atom. The maximum atomic E-state index is 8.91. The molecule has 0 saturated carbocycles. The summed E-state index contributed by atoms with van der Waals surface area (Å²) in [5, 5.41) is 8.91. The summed E-state index contributed by atoms with van der Waals surface area (Å²) in [6.07, 6.45) is -0.424. The van der Waals surface area contributed by atoms with Crippen molar-refractivity contribution in [3.05, 3.63) is 30.3 Å². The highest BCUT2D eigenvalue weighted by Gasteiger charge is 1.95. The lowest BCUT2D eigenvalue weighted by molar-refractivity contribution is 0.0198. The van der Waals surface area contributed by atoms with Crippen molar-refractivity contribution in [1.82, 2.24) is 0 Å². The van der Waals surface area contributed by atoms with Gasteiger partial charge in [-0.1, -0.05) is 18.2 Å². The first-order valence-electron chi connectivity index (χ1n) is 4.97. The number of ether oxygens (including phenoxy) is 1. The molecule has 0 aromatic heterocycles. The first-order chi connectivity index (χ1) is 7.29. The van der Waals surface area contributed by atoms with E-state index in [9.17, 15) is 0 Å². The molecule has 0 spiro atoms. The van der Waals surface area contributed by atoms with Gasteiger partial charge in [0.1, 0.15) is 0 Å². The number of hydrogen-bond donors (Lipinski definition) is 2. The highest BCUT2D eigenvalue weighted by atomic mass is 16.7. The third-order valence-corrected chi connectivity index (χ3v) is 1.65. The second-order valence-corrected chi connectivity index (χ2v) is 3.24. The molecular weight excluding hydrogens is 194 g/mol. The molecule has 0 amide bonds.